The van der Waals surface area contributed by atoms with Crippen molar-refractivity contribution >= 4 is 34.2 Å². The van der Waals surface area contributed by atoms with E-state index in [0.29, 0.717) is 33.8 Å². The van der Waals surface area contributed by atoms with E-state index in [-0.39, 0.29) is 18.2 Å². The Kier molecular flexibility index (Phi) is 5.68. The van der Waals surface area contributed by atoms with Crippen LogP contribution in [0, 0.1) is 13.8 Å². The van der Waals surface area contributed by atoms with E-state index in [9.17, 15) is 14.4 Å². The van der Waals surface area contributed by atoms with Crippen molar-refractivity contribution in [3.63, 3.8) is 0 Å². The number of benzene rings is 2. The van der Waals surface area contributed by atoms with Crippen LogP contribution in [-0.2, 0) is 16.0 Å². The fraction of sp³-hybridized carbons (Fsp3) is 0.227. The lowest BCUT2D eigenvalue weighted by Crippen LogP contribution is -2.20. The molecule has 0 aliphatic rings. The maximum absolute atomic E-state index is 12.5. The third-order valence-electron chi connectivity index (χ3n) is 4.70. The van der Waals surface area contributed by atoms with Crippen molar-refractivity contribution < 1.29 is 18.7 Å². The molecular weight excluding hydrogens is 372 g/mol. The average molecular weight is 394 g/mol. The molecule has 7 nitrogen and oxygen atoms in total. The van der Waals surface area contributed by atoms with Gasteiger partial charge in [-0.1, -0.05) is 0 Å². The molecule has 0 atom stereocenters. The zero-order chi connectivity index (χ0) is 21.1. The summed E-state index contributed by atoms with van der Waals surface area (Å²) < 4.78 is 10.8. The lowest BCUT2D eigenvalue weighted by Gasteiger charge is -2.12. The number of hydrogen-bond donors (Lipinski definition) is 2. The summed E-state index contributed by atoms with van der Waals surface area (Å²) in [6, 6.07) is 10.3. The van der Waals surface area contributed by atoms with E-state index >= 15 is 0 Å². The second-order valence-corrected chi connectivity index (χ2v) is 6.75. The number of carbonyl (C=O) groups is 2. The SMILES string of the molecule is COc1ccc2c(C)c(CC(=O)Nc3ccc(NC(C)=O)cc3)c(=O)oc2c1C. The molecule has 3 rings (SSSR count). The predicted molar refractivity (Wildman–Crippen MR) is 112 cm³/mol. The maximum Gasteiger partial charge on any atom is 0.340 e. The van der Waals surface area contributed by atoms with Crippen LogP contribution in [0.25, 0.3) is 11.0 Å². The van der Waals surface area contributed by atoms with Crippen LogP contribution >= 0.6 is 0 Å². The Hall–Kier alpha value is -3.61. The summed E-state index contributed by atoms with van der Waals surface area (Å²) >= 11 is 0. The zero-order valence-electron chi connectivity index (χ0n) is 16.7. The normalized spacial score (nSPS) is 10.6. The van der Waals surface area contributed by atoms with Crippen molar-refractivity contribution in [2.24, 2.45) is 0 Å². The van der Waals surface area contributed by atoms with Crippen molar-refractivity contribution in [3.05, 3.63) is 63.5 Å². The van der Waals surface area contributed by atoms with Crippen molar-refractivity contribution in [2.75, 3.05) is 17.7 Å². The van der Waals surface area contributed by atoms with Crippen LogP contribution in [0.15, 0.2) is 45.6 Å². The molecule has 0 aliphatic carbocycles. The quantitative estimate of drug-likeness (QED) is 0.645. The van der Waals surface area contributed by atoms with Gasteiger partial charge in [0.2, 0.25) is 11.8 Å². The van der Waals surface area contributed by atoms with Crippen LogP contribution in [0.4, 0.5) is 11.4 Å². The Balaban J connectivity index is 1.83. The predicted octanol–water partition coefficient (Wildman–Crippen LogP) is 3.56. The number of methoxy groups -OCH3 is 1. The molecule has 150 valence electrons. The number of carbonyl (C=O) groups excluding carboxylic acids is 2. The van der Waals surface area contributed by atoms with E-state index in [1.165, 1.54) is 6.92 Å². The van der Waals surface area contributed by atoms with Gasteiger partial charge in [-0.05, 0) is 55.8 Å². The van der Waals surface area contributed by atoms with Gasteiger partial charge < -0.3 is 19.8 Å². The van der Waals surface area contributed by atoms with Gasteiger partial charge in [-0.15, -0.1) is 0 Å². The smallest absolute Gasteiger partial charge is 0.340 e. The standard InChI is InChI=1S/C22H22N2O5/c1-12-17-9-10-19(28-4)13(2)21(17)29-22(27)18(12)11-20(26)24-16-7-5-15(6-8-16)23-14(3)25/h5-10H,11H2,1-4H3,(H,23,25)(H,24,26). The molecule has 0 unspecified atom stereocenters. The van der Waals surface area contributed by atoms with Crippen LogP contribution < -0.4 is 21.0 Å². The number of amides is 2. The van der Waals surface area contributed by atoms with Crippen molar-refractivity contribution in [1.82, 2.24) is 0 Å². The first-order chi connectivity index (χ1) is 13.8. The number of aryl methyl sites for hydroxylation is 2. The number of nitrogens with one attached hydrogen (secondary N) is 2. The molecule has 2 N–H and O–H groups in total. The van der Waals surface area contributed by atoms with Gasteiger partial charge in [0.05, 0.1) is 19.1 Å². The first kappa shape index (κ1) is 20.1. The van der Waals surface area contributed by atoms with E-state index in [0.717, 1.165) is 10.9 Å². The van der Waals surface area contributed by atoms with Gasteiger partial charge in [0.1, 0.15) is 11.3 Å². The van der Waals surface area contributed by atoms with Gasteiger partial charge >= 0.3 is 5.63 Å². The molecule has 0 bridgehead atoms. The Bertz CT molecular complexity index is 1150. The summed E-state index contributed by atoms with van der Waals surface area (Å²) in [7, 11) is 1.56. The molecule has 0 radical (unpaired) electrons. The molecule has 2 aromatic carbocycles. The van der Waals surface area contributed by atoms with Gasteiger partial charge in [0.15, 0.2) is 0 Å². The van der Waals surface area contributed by atoms with Crippen LogP contribution in [0.1, 0.15) is 23.6 Å². The molecule has 1 heterocycles. The highest BCUT2D eigenvalue weighted by Crippen LogP contribution is 2.29. The highest BCUT2D eigenvalue weighted by Gasteiger charge is 2.17. The first-order valence-corrected chi connectivity index (χ1v) is 9.07. The summed E-state index contributed by atoms with van der Waals surface area (Å²) in [6.45, 7) is 5.04. The minimum absolute atomic E-state index is 0.109. The van der Waals surface area contributed by atoms with E-state index < -0.39 is 5.63 Å². The number of hydrogen-bond acceptors (Lipinski definition) is 5. The number of fused-ring (bicyclic) bond motifs is 1. The number of rotatable bonds is 5. The third-order valence-corrected chi connectivity index (χ3v) is 4.70. The molecule has 1 aromatic heterocycles. The molecule has 7 heteroatoms. The minimum atomic E-state index is -0.539. The Morgan fingerprint density at radius 1 is 0.966 bits per heavy atom. The number of ether oxygens (including phenoxy) is 1. The second kappa shape index (κ2) is 8.18. The second-order valence-electron chi connectivity index (χ2n) is 6.75. The molecular formula is C22H22N2O5. The molecule has 29 heavy (non-hydrogen) atoms. The third kappa shape index (κ3) is 4.29. The summed E-state index contributed by atoms with van der Waals surface area (Å²) in [6.07, 6.45) is -0.109. The minimum Gasteiger partial charge on any atom is -0.496 e. The largest absolute Gasteiger partial charge is 0.496 e. The average Bonchev–Trinajstić information content (AvgIpc) is 2.67. The molecule has 0 fully saturated rings. The van der Waals surface area contributed by atoms with Crippen LogP contribution in [-0.4, -0.2) is 18.9 Å². The topological polar surface area (TPSA) is 97.6 Å². The van der Waals surface area contributed by atoms with Crippen molar-refractivity contribution in [3.8, 4) is 5.75 Å². The molecule has 0 aliphatic heterocycles. The Morgan fingerprint density at radius 2 is 1.59 bits per heavy atom. The van der Waals surface area contributed by atoms with E-state index in [1.54, 1.807) is 38.3 Å². The van der Waals surface area contributed by atoms with Gasteiger partial charge in [-0.3, -0.25) is 9.59 Å². The Morgan fingerprint density at radius 3 is 2.17 bits per heavy atom. The highest BCUT2D eigenvalue weighted by atomic mass is 16.5. The van der Waals surface area contributed by atoms with Gasteiger partial charge in [0.25, 0.3) is 0 Å². The summed E-state index contributed by atoms with van der Waals surface area (Å²) in [5.74, 6) is 0.124. The molecule has 0 spiro atoms. The highest BCUT2D eigenvalue weighted by molar-refractivity contribution is 5.94. The lowest BCUT2D eigenvalue weighted by molar-refractivity contribution is -0.116. The van der Waals surface area contributed by atoms with E-state index in [4.69, 9.17) is 9.15 Å². The molecule has 3 aromatic rings. The molecule has 2 amide bonds. The van der Waals surface area contributed by atoms with Crippen molar-refractivity contribution in [2.45, 2.75) is 27.2 Å². The lowest BCUT2D eigenvalue weighted by atomic mass is 10.0. The monoisotopic (exact) mass is 394 g/mol. The summed E-state index contributed by atoms with van der Waals surface area (Å²) in [5.41, 5.74) is 2.87. The van der Waals surface area contributed by atoms with Crippen molar-refractivity contribution in [1.29, 1.82) is 0 Å². The summed E-state index contributed by atoms with van der Waals surface area (Å²) in [4.78, 5) is 36.1. The Labute approximate surface area is 167 Å². The first-order valence-electron chi connectivity index (χ1n) is 9.07. The molecule has 0 saturated carbocycles. The van der Waals surface area contributed by atoms with Gasteiger partial charge in [-0.25, -0.2) is 4.79 Å². The van der Waals surface area contributed by atoms with Crippen LogP contribution in [0.2, 0.25) is 0 Å². The number of anilines is 2. The van der Waals surface area contributed by atoms with Gasteiger partial charge in [-0.2, -0.15) is 0 Å². The fourth-order valence-corrected chi connectivity index (χ4v) is 3.20. The molecule has 0 saturated heterocycles. The van der Waals surface area contributed by atoms with E-state index in [1.807, 2.05) is 19.1 Å². The zero-order valence-corrected chi connectivity index (χ0v) is 16.7. The summed E-state index contributed by atoms with van der Waals surface area (Å²) in [5, 5.41) is 6.18. The maximum atomic E-state index is 12.5. The van der Waals surface area contributed by atoms with Crippen LogP contribution in [0.3, 0.4) is 0 Å². The fourth-order valence-electron chi connectivity index (χ4n) is 3.20. The van der Waals surface area contributed by atoms with Crippen LogP contribution in [0.5, 0.6) is 5.75 Å². The van der Waals surface area contributed by atoms with E-state index in [2.05, 4.69) is 10.6 Å². The van der Waals surface area contributed by atoms with Gasteiger partial charge in [0, 0.05) is 29.2 Å².